The molecule has 0 spiro atoms. The molecule has 3 rings (SSSR count). The molecule has 0 bridgehead atoms. The highest BCUT2D eigenvalue weighted by Gasteiger charge is 2.05. The highest BCUT2D eigenvalue weighted by atomic mass is 32.2. The molecule has 0 atom stereocenters. The lowest BCUT2D eigenvalue weighted by atomic mass is 10.1. The zero-order valence-corrected chi connectivity index (χ0v) is 17.1. The summed E-state index contributed by atoms with van der Waals surface area (Å²) < 4.78 is 5.98. The molecule has 0 saturated heterocycles. The fourth-order valence-electron chi connectivity index (χ4n) is 2.99. The molecule has 150 valence electrons. The van der Waals surface area contributed by atoms with Crippen LogP contribution in [0.1, 0.15) is 23.2 Å². The van der Waals surface area contributed by atoms with E-state index in [0.717, 1.165) is 45.2 Å². The van der Waals surface area contributed by atoms with Crippen LogP contribution in [0.5, 0.6) is 5.75 Å². The minimum absolute atomic E-state index is 0.271. The molecular weight excluding hydrogens is 384 g/mol. The first-order valence-electron chi connectivity index (χ1n) is 9.33. The number of hydrogen-bond donors (Lipinski definition) is 3. The van der Waals surface area contributed by atoms with E-state index in [1.54, 1.807) is 0 Å². The van der Waals surface area contributed by atoms with Crippen molar-refractivity contribution >= 4 is 32.9 Å². The van der Waals surface area contributed by atoms with E-state index in [9.17, 15) is 4.79 Å². The third-order valence-corrected chi connectivity index (χ3v) is 4.98. The molecule has 1 aromatic heterocycles. The van der Waals surface area contributed by atoms with Crippen LogP contribution in [-0.2, 0) is 13.2 Å². The Kier molecular flexibility index (Phi) is 7.21. The SMILES string of the molecule is Cc1cc(COc2ccc(CNCCC(=N)SC(N)=O)cc2)c2ccccc2n1. The predicted octanol–water partition coefficient (Wildman–Crippen LogP) is 4.39. The lowest BCUT2D eigenvalue weighted by Gasteiger charge is -2.11. The first-order chi connectivity index (χ1) is 14.0. The van der Waals surface area contributed by atoms with Gasteiger partial charge < -0.3 is 15.8 Å². The minimum atomic E-state index is -0.541. The number of fused-ring (bicyclic) bond motifs is 1. The van der Waals surface area contributed by atoms with Crippen LogP contribution < -0.4 is 15.8 Å². The Morgan fingerprint density at radius 3 is 2.72 bits per heavy atom. The zero-order valence-electron chi connectivity index (χ0n) is 16.3. The van der Waals surface area contributed by atoms with E-state index >= 15 is 0 Å². The van der Waals surface area contributed by atoms with Crippen molar-refractivity contribution in [3.63, 3.8) is 0 Å². The molecule has 1 heterocycles. The number of carbonyl (C=O) groups is 1. The average Bonchev–Trinajstić information content (AvgIpc) is 2.69. The van der Waals surface area contributed by atoms with Crippen molar-refractivity contribution in [1.82, 2.24) is 10.3 Å². The molecule has 0 fully saturated rings. The quantitative estimate of drug-likeness (QED) is 0.291. The molecule has 0 aliphatic rings. The van der Waals surface area contributed by atoms with E-state index in [1.807, 2.05) is 49.4 Å². The second kappa shape index (κ2) is 10.0. The predicted molar refractivity (Wildman–Crippen MR) is 118 cm³/mol. The van der Waals surface area contributed by atoms with Crippen molar-refractivity contribution in [3.05, 3.63) is 71.4 Å². The van der Waals surface area contributed by atoms with Gasteiger partial charge in [-0.25, -0.2) is 0 Å². The zero-order chi connectivity index (χ0) is 20.6. The molecule has 0 aliphatic heterocycles. The average molecular weight is 409 g/mol. The molecule has 6 nitrogen and oxygen atoms in total. The molecule has 4 N–H and O–H groups in total. The second-order valence-corrected chi connectivity index (χ2v) is 7.74. The summed E-state index contributed by atoms with van der Waals surface area (Å²) in [5.74, 6) is 0.812. The summed E-state index contributed by atoms with van der Waals surface area (Å²) in [6.45, 7) is 3.78. The van der Waals surface area contributed by atoms with E-state index in [4.69, 9.17) is 15.9 Å². The first-order valence-corrected chi connectivity index (χ1v) is 10.2. The molecule has 0 saturated carbocycles. The fraction of sp³-hybridized carbons (Fsp3) is 0.227. The summed E-state index contributed by atoms with van der Waals surface area (Å²) in [6.07, 6.45) is 0.480. The van der Waals surface area contributed by atoms with Gasteiger partial charge in [0.15, 0.2) is 0 Å². The molecule has 29 heavy (non-hydrogen) atoms. The largest absolute Gasteiger partial charge is 0.489 e. The number of nitrogens with two attached hydrogens (primary N) is 1. The van der Waals surface area contributed by atoms with Gasteiger partial charge in [-0.15, -0.1) is 0 Å². The van der Waals surface area contributed by atoms with E-state index < -0.39 is 5.24 Å². The maximum atomic E-state index is 10.7. The van der Waals surface area contributed by atoms with Crippen LogP contribution in [0, 0.1) is 12.3 Å². The van der Waals surface area contributed by atoms with Crippen LogP contribution in [0.15, 0.2) is 54.6 Å². The number of ether oxygens (including phenoxy) is 1. The summed E-state index contributed by atoms with van der Waals surface area (Å²) in [5, 5.41) is 11.7. The van der Waals surface area contributed by atoms with Crippen molar-refractivity contribution < 1.29 is 9.53 Å². The Balaban J connectivity index is 1.50. The van der Waals surface area contributed by atoms with E-state index in [-0.39, 0.29) is 5.04 Å². The number of hydrogen-bond acceptors (Lipinski definition) is 6. The Labute approximate surface area is 174 Å². The van der Waals surface area contributed by atoms with Gasteiger partial charge in [-0.3, -0.25) is 15.2 Å². The number of primary amides is 1. The standard InChI is InChI=1S/C22H24N4O2S/c1-15-12-17(19-4-2-3-5-20(19)26-15)14-28-18-8-6-16(7-9-18)13-25-11-10-21(23)29-22(24)27/h2-9,12,23,25H,10-11,13-14H2,1H3,(H2,24,27). The van der Waals surface area contributed by atoms with E-state index in [2.05, 4.69) is 22.4 Å². The number of pyridine rings is 1. The lowest BCUT2D eigenvalue weighted by molar-refractivity contribution is 0.267. The number of para-hydroxylation sites is 1. The third kappa shape index (κ3) is 6.30. The number of rotatable bonds is 8. The summed E-state index contributed by atoms with van der Waals surface area (Å²) in [5.41, 5.74) is 9.25. The van der Waals surface area contributed by atoms with Gasteiger partial charge in [0, 0.05) is 36.2 Å². The maximum absolute atomic E-state index is 10.7. The number of aryl methyl sites for hydroxylation is 1. The van der Waals surface area contributed by atoms with Gasteiger partial charge in [0.2, 0.25) is 0 Å². The summed E-state index contributed by atoms with van der Waals surface area (Å²) in [7, 11) is 0. The monoisotopic (exact) mass is 408 g/mol. The Morgan fingerprint density at radius 1 is 1.21 bits per heavy atom. The highest BCUT2D eigenvalue weighted by molar-refractivity contribution is 8.26. The Hall–Kier alpha value is -2.90. The number of carbonyl (C=O) groups excluding carboxylic acids is 1. The summed E-state index contributed by atoms with van der Waals surface area (Å²) >= 11 is 0.769. The number of thioether (sulfide) groups is 1. The second-order valence-electron chi connectivity index (χ2n) is 6.64. The van der Waals surface area contributed by atoms with Crippen molar-refractivity contribution in [3.8, 4) is 5.75 Å². The van der Waals surface area contributed by atoms with Crippen LogP contribution in [0.2, 0.25) is 0 Å². The van der Waals surface area contributed by atoms with Crippen LogP contribution in [0.3, 0.4) is 0 Å². The molecule has 0 aliphatic carbocycles. The normalized spacial score (nSPS) is 10.8. The molecular formula is C22H24N4O2S. The fourth-order valence-corrected chi connectivity index (χ4v) is 3.43. The van der Waals surface area contributed by atoms with Gasteiger partial charge in [0.25, 0.3) is 5.24 Å². The molecule has 0 unspecified atom stereocenters. The molecule has 0 radical (unpaired) electrons. The molecule has 3 aromatic rings. The van der Waals surface area contributed by atoms with E-state index in [0.29, 0.717) is 26.1 Å². The van der Waals surface area contributed by atoms with Gasteiger partial charge in [-0.05, 0) is 48.5 Å². The number of aromatic nitrogens is 1. The Morgan fingerprint density at radius 2 is 1.97 bits per heavy atom. The van der Waals surface area contributed by atoms with Crippen LogP contribution in [-0.4, -0.2) is 21.8 Å². The highest BCUT2D eigenvalue weighted by Crippen LogP contribution is 2.21. The summed E-state index contributed by atoms with van der Waals surface area (Å²) in [6, 6.07) is 18.1. The van der Waals surface area contributed by atoms with E-state index in [1.165, 1.54) is 0 Å². The lowest BCUT2D eigenvalue weighted by Crippen LogP contribution is -2.17. The van der Waals surface area contributed by atoms with Crippen molar-refractivity contribution in [2.75, 3.05) is 6.54 Å². The topological polar surface area (TPSA) is 101 Å². The minimum Gasteiger partial charge on any atom is -0.489 e. The summed E-state index contributed by atoms with van der Waals surface area (Å²) in [4.78, 5) is 15.3. The van der Waals surface area contributed by atoms with Gasteiger partial charge in [0.1, 0.15) is 12.4 Å². The first kappa shape index (κ1) is 20.8. The van der Waals surface area contributed by atoms with Crippen LogP contribution >= 0.6 is 11.8 Å². The number of nitrogens with one attached hydrogen (secondary N) is 2. The smallest absolute Gasteiger partial charge is 0.282 e. The van der Waals surface area contributed by atoms with Gasteiger partial charge >= 0.3 is 0 Å². The number of nitrogens with zero attached hydrogens (tertiary/aromatic N) is 1. The van der Waals surface area contributed by atoms with Gasteiger partial charge in [-0.1, -0.05) is 30.3 Å². The third-order valence-electron chi connectivity index (χ3n) is 4.33. The Bertz CT molecular complexity index is 1010. The van der Waals surface area contributed by atoms with Crippen molar-refractivity contribution in [2.24, 2.45) is 5.73 Å². The number of benzene rings is 2. The van der Waals surface area contributed by atoms with Gasteiger partial charge in [-0.2, -0.15) is 0 Å². The molecule has 2 aromatic carbocycles. The van der Waals surface area contributed by atoms with Crippen LogP contribution in [0.4, 0.5) is 4.79 Å². The molecule has 7 heteroatoms. The van der Waals surface area contributed by atoms with Crippen molar-refractivity contribution in [2.45, 2.75) is 26.5 Å². The van der Waals surface area contributed by atoms with Crippen molar-refractivity contribution in [1.29, 1.82) is 5.41 Å². The van der Waals surface area contributed by atoms with Crippen LogP contribution in [0.25, 0.3) is 10.9 Å². The number of amides is 1. The maximum Gasteiger partial charge on any atom is 0.282 e. The van der Waals surface area contributed by atoms with Gasteiger partial charge in [0.05, 0.1) is 10.6 Å². The molecule has 1 amide bonds.